The molecule has 0 amide bonds. The van der Waals surface area contributed by atoms with E-state index in [-0.39, 0.29) is 4.90 Å². The number of anilines is 2. The van der Waals surface area contributed by atoms with Crippen molar-refractivity contribution in [2.45, 2.75) is 9.79 Å². The van der Waals surface area contributed by atoms with E-state index in [1.807, 2.05) is 62.3 Å². The van der Waals surface area contributed by atoms with Crippen molar-refractivity contribution < 1.29 is 12.6 Å². The third-order valence-corrected chi connectivity index (χ3v) is 9.25. The molecule has 9 heteroatoms. The number of nitrogens with zero attached hydrogens (tertiary/aromatic N) is 3. The summed E-state index contributed by atoms with van der Waals surface area (Å²) in [5.74, 6) is 0. The molecule has 0 saturated carbocycles. The van der Waals surface area contributed by atoms with Crippen LogP contribution in [0, 0.1) is 0 Å². The Morgan fingerprint density at radius 1 is 0.769 bits per heavy atom. The molecule has 2 rings (SSSR count). The fourth-order valence-corrected chi connectivity index (χ4v) is 6.41. The topological polar surface area (TPSA) is 60.9 Å². The summed E-state index contributed by atoms with van der Waals surface area (Å²) in [4.78, 5) is 4.69. The van der Waals surface area contributed by atoms with Gasteiger partial charge in [0.2, 0.25) is 0 Å². The average Bonchev–Trinajstić information content (AvgIpc) is 2.61. The van der Waals surface area contributed by atoms with E-state index in [0.29, 0.717) is 0 Å². The highest BCUT2D eigenvalue weighted by Gasteiger charge is 2.26. The Hall–Kier alpha value is -1.55. The van der Waals surface area contributed by atoms with Gasteiger partial charge in [-0.15, -0.1) is 3.71 Å². The van der Waals surface area contributed by atoms with E-state index in [0.717, 1.165) is 30.8 Å². The van der Waals surface area contributed by atoms with Crippen LogP contribution in [0.1, 0.15) is 0 Å². The molecule has 1 atom stereocenters. The van der Waals surface area contributed by atoms with Gasteiger partial charge >= 0.3 is 0 Å². The first kappa shape index (κ1) is 20.8. The summed E-state index contributed by atoms with van der Waals surface area (Å²) in [7, 11) is 4.33. The number of hydrogen-bond acceptors (Lipinski definition) is 6. The van der Waals surface area contributed by atoms with Crippen molar-refractivity contribution in [2.75, 3.05) is 45.0 Å². The van der Waals surface area contributed by atoms with Crippen molar-refractivity contribution in [3.8, 4) is 0 Å². The molecule has 0 bridgehead atoms. The minimum absolute atomic E-state index is 0.113. The fourth-order valence-electron chi connectivity index (χ4n) is 2.08. The second kappa shape index (κ2) is 8.43. The second-order valence-corrected chi connectivity index (χ2v) is 11.2. The third kappa shape index (κ3) is 4.79. The van der Waals surface area contributed by atoms with Gasteiger partial charge in [0.1, 0.15) is 0 Å². The van der Waals surface area contributed by atoms with Gasteiger partial charge in [-0.3, -0.25) is 0 Å². The Labute approximate surface area is 161 Å². The first-order chi connectivity index (χ1) is 12.1. The standard InChI is InChI=1S/C17H23N3O3S3/c1-18(2)14-6-10-16(11-7-14)24-25(21)20(5)26(22,23)17-12-8-15(9-13-17)19(3)4/h6-13H,1-5H3. The van der Waals surface area contributed by atoms with Crippen molar-refractivity contribution in [2.24, 2.45) is 0 Å². The minimum atomic E-state index is -3.84. The van der Waals surface area contributed by atoms with E-state index >= 15 is 0 Å². The highest BCUT2D eigenvalue weighted by Crippen LogP contribution is 2.29. The van der Waals surface area contributed by atoms with Crippen molar-refractivity contribution in [1.82, 2.24) is 3.71 Å². The van der Waals surface area contributed by atoms with E-state index in [1.165, 1.54) is 19.2 Å². The first-order valence-corrected chi connectivity index (χ1v) is 11.6. The molecule has 0 fully saturated rings. The zero-order chi connectivity index (χ0) is 19.5. The van der Waals surface area contributed by atoms with Gasteiger partial charge in [-0.2, -0.15) is 0 Å². The highest BCUT2D eigenvalue weighted by atomic mass is 33.1. The smallest absolute Gasteiger partial charge is 0.254 e. The van der Waals surface area contributed by atoms with Gasteiger partial charge < -0.3 is 9.80 Å². The normalized spacial score (nSPS) is 12.8. The molecule has 142 valence electrons. The molecule has 0 heterocycles. The molecular weight excluding hydrogens is 390 g/mol. The highest BCUT2D eigenvalue weighted by molar-refractivity contribution is 8.69. The van der Waals surface area contributed by atoms with Crippen LogP contribution in [0.2, 0.25) is 0 Å². The minimum Gasteiger partial charge on any atom is -0.378 e. The molecule has 0 radical (unpaired) electrons. The van der Waals surface area contributed by atoms with Gasteiger partial charge in [0, 0.05) is 51.5 Å². The molecule has 2 aromatic carbocycles. The van der Waals surface area contributed by atoms with Crippen molar-refractivity contribution >= 4 is 42.2 Å². The molecule has 26 heavy (non-hydrogen) atoms. The lowest BCUT2D eigenvalue weighted by atomic mass is 10.3. The summed E-state index contributed by atoms with van der Waals surface area (Å²) in [6, 6.07) is 13.9. The number of rotatable bonds is 7. The summed E-state index contributed by atoms with van der Waals surface area (Å²) in [5, 5.41) is 0. The van der Waals surface area contributed by atoms with Gasteiger partial charge in [0.15, 0.2) is 10.0 Å². The summed E-state index contributed by atoms with van der Waals surface area (Å²) in [6.45, 7) is 0. The molecule has 1 unspecified atom stereocenters. The molecule has 0 aliphatic heterocycles. The van der Waals surface area contributed by atoms with Crippen LogP contribution in [0.15, 0.2) is 58.3 Å². The van der Waals surface area contributed by atoms with E-state index in [9.17, 15) is 12.6 Å². The fraction of sp³-hybridized carbons (Fsp3) is 0.294. The van der Waals surface area contributed by atoms with Crippen LogP contribution >= 0.6 is 10.8 Å². The van der Waals surface area contributed by atoms with Crippen molar-refractivity contribution in [3.63, 3.8) is 0 Å². The Bertz CT molecular complexity index is 864. The van der Waals surface area contributed by atoms with Gasteiger partial charge in [0.05, 0.1) is 4.90 Å². The zero-order valence-electron chi connectivity index (χ0n) is 15.4. The predicted molar refractivity (Wildman–Crippen MR) is 110 cm³/mol. The lowest BCUT2D eigenvalue weighted by molar-refractivity contribution is 0.558. The summed E-state index contributed by atoms with van der Waals surface area (Å²) in [5.41, 5.74) is 1.91. The van der Waals surface area contributed by atoms with Crippen molar-refractivity contribution in [3.05, 3.63) is 48.5 Å². The first-order valence-electron chi connectivity index (χ1n) is 7.77. The van der Waals surface area contributed by atoms with E-state index in [1.54, 1.807) is 12.1 Å². The molecule has 0 saturated heterocycles. The molecule has 0 aliphatic rings. The van der Waals surface area contributed by atoms with Crippen LogP contribution in [0.25, 0.3) is 0 Å². The summed E-state index contributed by atoms with van der Waals surface area (Å²) in [6.07, 6.45) is 0. The SMILES string of the molecule is CN(C)c1ccc(SS(=O)N(C)S(=O)(=O)c2ccc(N(C)C)cc2)cc1. The number of hydrogen-bond donors (Lipinski definition) is 0. The Balaban J connectivity index is 2.15. The molecule has 2 aromatic rings. The second-order valence-electron chi connectivity index (χ2n) is 5.99. The zero-order valence-corrected chi connectivity index (χ0v) is 17.9. The monoisotopic (exact) mass is 413 g/mol. The molecule has 0 spiro atoms. The van der Waals surface area contributed by atoms with Crippen LogP contribution in [0.3, 0.4) is 0 Å². The largest absolute Gasteiger partial charge is 0.378 e. The maximum absolute atomic E-state index is 12.7. The predicted octanol–water partition coefficient (Wildman–Crippen LogP) is 2.81. The quantitative estimate of drug-likeness (QED) is 0.651. The van der Waals surface area contributed by atoms with Crippen LogP contribution in [0.4, 0.5) is 11.4 Å². The summed E-state index contributed by atoms with van der Waals surface area (Å²) >= 11 is 0. The molecule has 0 aromatic heterocycles. The van der Waals surface area contributed by atoms with Gasteiger partial charge in [-0.25, -0.2) is 12.6 Å². The third-order valence-electron chi connectivity index (χ3n) is 3.72. The molecule has 0 N–H and O–H groups in total. The van der Waals surface area contributed by atoms with Gasteiger partial charge in [0.25, 0.3) is 10.0 Å². The average molecular weight is 414 g/mol. The lowest BCUT2D eigenvalue weighted by Crippen LogP contribution is -2.27. The molecule has 6 nitrogen and oxygen atoms in total. The Kier molecular flexibility index (Phi) is 6.73. The molecular formula is C17H23N3O3S3. The van der Waals surface area contributed by atoms with E-state index < -0.39 is 20.0 Å². The lowest BCUT2D eigenvalue weighted by Gasteiger charge is -2.17. The Morgan fingerprint density at radius 3 is 1.62 bits per heavy atom. The van der Waals surface area contributed by atoms with Crippen LogP contribution < -0.4 is 9.80 Å². The van der Waals surface area contributed by atoms with Crippen LogP contribution in [0.5, 0.6) is 0 Å². The van der Waals surface area contributed by atoms with Crippen molar-refractivity contribution in [1.29, 1.82) is 0 Å². The number of sulfonamides is 1. The van der Waals surface area contributed by atoms with E-state index in [2.05, 4.69) is 0 Å². The van der Waals surface area contributed by atoms with Crippen LogP contribution in [-0.4, -0.2) is 51.6 Å². The van der Waals surface area contributed by atoms with Crippen LogP contribution in [-0.2, 0) is 20.0 Å². The maximum atomic E-state index is 12.7. The maximum Gasteiger partial charge on any atom is 0.254 e. The van der Waals surface area contributed by atoms with Gasteiger partial charge in [-0.05, 0) is 59.3 Å². The van der Waals surface area contributed by atoms with Gasteiger partial charge in [-0.1, -0.05) is 0 Å². The number of benzene rings is 2. The molecule has 0 aliphatic carbocycles. The Morgan fingerprint density at radius 2 is 1.19 bits per heavy atom. The summed E-state index contributed by atoms with van der Waals surface area (Å²) < 4.78 is 38.8. The van der Waals surface area contributed by atoms with E-state index in [4.69, 9.17) is 0 Å².